The van der Waals surface area contributed by atoms with Crippen LogP contribution in [0, 0.1) is 0 Å². The molecule has 4 heterocycles. The third kappa shape index (κ3) is 4.99. The van der Waals surface area contributed by atoms with Gasteiger partial charge in [0.05, 0.1) is 50.3 Å². The van der Waals surface area contributed by atoms with Crippen molar-refractivity contribution in [1.82, 2.24) is 0 Å². The number of halogens is 1. The summed E-state index contributed by atoms with van der Waals surface area (Å²) in [4.78, 5) is 70.5. The van der Waals surface area contributed by atoms with Crippen LogP contribution >= 0.6 is 58.2 Å². The Morgan fingerprint density at radius 2 is 1.27 bits per heavy atom. The average molecular weight is 744 g/mol. The van der Waals surface area contributed by atoms with Gasteiger partial charge in [0.1, 0.15) is 23.7 Å². The molecule has 0 N–H and O–H groups in total. The maximum atomic E-state index is 14.7. The number of ether oxygens (including phenoxy) is 4. The number of benzene rings is 2. The molecule has 0 saturated heterocycles. The van der Waals surface area contributed by atoms with E-state index in [4.69, 9.17) is 30.5 Å². The second-order valence-electron chi connectivity index (χ2n) is 10.9. The fourth-order valence-corrected chi connectivity index (χ4v) is 12.4. The monoisotopic (exact) mass is 743 g/mol. The molecule has 0 saturated carbocycles. The molecular formula is C33H26ClNO9S4. The van der Waals surface area contributed by atoms with E-state index in [1.54, 1.807) is 29.2 Å². The molecule has 48 heavy (non-hydrogen) atoms. The summed E-state index contributed by atoms with van der Waals surface area (Å²) in [6.45, 7) is 3.63. The fraction of sp³-hybridized carbons (Fsp3) is 0.242. The van der Waals surface area contributed by atoms with Gasteiger partial charge in [0.15, 0.2) is 0 Å². The van der Waals surface area contributed by atoms with Crippen molar-refractivity contribution < 1.29 is 42.9 Å². The molecule has 1 aromatic heterocycles. The Hall–Kier alpha value is -3.69. The number of carbonyl (C=O) groups is 5. The van der Waals surface area contributed by atoms with E-state index in [9.17, 15) is 24.0 Å². The lowest BCUT2D eigenvalue weighted by Gasteiger charge is -2.50. The van der Waals surface area contributed by atoms with Crippen LogP contribution in [-0.4, -0.2) is 67.8 Å². The van der Waals surface area contributed by atoms with Gasteiger partial charge >= 0.3 is 23.9 Å². The Morgan fingerprint density at radius 3 is 1.85 bits per heavy atom. The van der Waals surface area contributed by atoms with Crippen molar-refractivity contribution >= 4 is 109 Å². The summed E-state index contributed by atoms with van der Waals surface area (Å²) in [6, 6.07) is 14.6. The van der Waals surface area contributed by atoms with E-state index in [0.717, 1.165) is 45.4 Å². The Morgan fingerprint density at radius 1 is 0.729 bits per heavy atom. The molecule has 3 aliphatic heterocycles. The zero-order chi connectivity index (χ0) is 34.7. The first-order valence-corrected chi connectivity index (χ1v) is 17.8. The lowest BCUT2D eigenvalue weighted by molar-refractivity contribution is -0.138. The van der Waals surface area contributed by atoms with Gasteiger partial charge in [0, 0.05) is 26.1 Å². The molecule has 1 spiro atoms. The van der Waals surface area contributed by atoms with Crippen molar-refractivity contribution in [2.24, 2.45) is 0 Å². The maximum Gasteiger partial charge on any atom is 0.345 e. The first-order valence-electron chi connectivity index (χ1n) is 14.1. The van der Waals surface area contributed by atoms with Crippen molar-refractivity contribution in [3.8, 4) is 0 Å². The van der Waals surface area contributed by atoms with Gasteiger partial charge in [-0.25, -0.2) is 19.2 Å². The van der Waals surface area contributed by atoms with Crippen molar-refractivity contribution in [3.63, 3.8) is 0 Å². The lowest BCUT2D eigenvalue weighted by Crippen LogP contribution is -2.53. The van der Waals surface area contributed by atoms with Crippen LogP contribution in [0.25, 0.3) is 15.7 Å². The molecule has 0 atom stereocenters. The molecule has 10 nitrogen and oxygen atoms in total. The van der Waals surface area contributed by atoms with Crippen molar-refractivity contribution in [2.75, 3.05) is 33.3 Å². The topological polar surface area (TPSA) is 126 Å². The second kappa shape index (κ2) is 12.6. The molecule has 248 valence electrons. The van der Waals surface area contributed by atoms with E-state index >= 15 is 0 Å². The number of methoxy groups -OCH3 is 4. The van der Waals surface area contributed by atoms with Gasteiger partial charge in [0.25, 0.3) is 5.91 Å². The normalized spacial score (nSPS) is 17.7. The first kappa shape index (κ1) is 34.2. The SMILES string of the molecule is COC(=O)C1=C(C(=O)OC)SC2(S1)C(C(=O)OC)=C(C(=O)OC)SC1=C2c2ccccc2N(C(=O)c2sc3ccccc3c2Cl)C1(C)C. The summed E-state index contributed by atoms with van der Waals surface area (Å²) in [7, 11) is 4.68. The van der Waals surface area contributed by atoms with E-state index in [1.165, 1.54) is 39.8 Å². The Kier molecular flexibility index (Phi) is 9.00. The number of fused-ring (bicyclic) bond motifs is 4. The molecule has 2 aromatic carbocycles. The lowest BCUT2D eigenvalue weighted by atomic mass is 9.83. The Bertz CT molecular complexity index is 2030. The van der Waals surface area contributed by atoms with Crippen molar-refractivity contribution in [2.45, 2.75) is 23.5 Å². The van der Waals surface area contributed by atoms with Gasteiger partial charge in [-0.2, -0.15) is 0 Å². The average Bonchev–Trinajstić information content (AvgIpc) is 3.65. The number of esters is 4. The van der Waals surface area contributed by atoms with Crippen LogP contribution in [0.5, 0.6) is 0 Å². The number of amides is 1. The number of carbonyl (C=O) groups excluding carboxylic acids is 5. The highest BCUT2D eigenvalue weighted by atomic mass is 35.5. The fourth-order valence-electron chi connectivity index (χ4n) is 5.88. The van der Waals surface area contributed by atoms with Crippen LogP contribution in [0.2, 0.25) is 5.02 Å². The third-order valence-electron chi connectivity index (χ3n) is 7.98. The quantitative estimate of drug-likeness (QED) is 0.202. The van der Waals surface area contributed by atoms with Gasteiger partial charge < -0.3 is 18.9 Å². The Labute approximate surface area is 296 Å². The number of thiophene rings is 1. The molecule has 0 bridgehead atoms. The van der Waals surface area contributed by atoms with Gasteiger partial charge in [0.2, 0.25) is 0 Å². The highest BCUT2D eigenvalue weighted by Crippen LogP contribution is 2.71. The first-order chi connectivity index (χ1) is 22.9. The number of hydrogen-bond donors (Lipinski definition) is 0. The third-order valence-corrected chi connectivity index (χ3v) is 14.3. The number of hydrogen-bond acceptors (Lipinski definition) is 13. The number of anilines is 1. The van der Waals surface area contributed by atoms with Crippen molar-refractivity contribution in [3.05, 3.63) is 89.2 Å². The van der Waals surface area contributed by atoms with E-state index in [0.29, 0.717) is 31.6 Å². The van der Waals surface area contributed by atoms with E-state index in [2.05, 4.69) is 0 Å². The summed E-state index contributed by atoms with van der Waals surface area (Å²) in [5.41, 5.74) is 0.152. The maximum absolute atomic E-state index is 14.7. The summed E-state index contributed by atoms with van der Waals surface area (Å²) < 4.78 is 19.6. The zero-order valence-corrected chi connectivity index (χ0v) is 30.3. The minimum atomic E-state index is -1.66. The minimum absolute atomic E-state index is 0.121. The van der Waals surface area contributed by atoms with Crippen LogP contribution < -0.4 is 4.90 Å². The van der Waals surface area contributed by atoms with Crippen LogP contribution in [-0.2, 0) is 38.1 Å². The predicted molar refractivity (Wildman–Crippen MR) is 189 cm³/mol. The summed E-state index contributed by atoms with van der Waals surface area (Å²) in [5, 5.41) is 1.07. The van der Waals surface area contributed by atoms with Crippen molar-refractivity contribution in [1.29, 1.82) is 0 Å². The van der Waals surface area contributed by atoms with Crippen LogP contribution in [0.15, 0.2) is 73.7 Å². The van der Waals surface area contributed by atoms with Gasteiger partial charge in [-0.1, -0.05) is 83.3 Å². The molecule has 15 heteroatoms. The Balaban J connectivity index is 1.66. The van der Waals surface area contributed by atoms with Gasteiger partial charge in [-0.15, -0.1) is 11.3 Å². The molecular weight excluding hydrogens is 718 g/mol. The number of rotatable bonds is 5. The minimum Gasteiger partial charge on any atom is -0.466 e. The molecule has 3 aromatic rings. The molecule has 0 fully saturated rings. The zero-order valence-electron chi connectivity index (χ0n) is 26.3. The highest BCUT2D eigenvalue weighted by molar-refractivity contribution is 8.26. The number of thioether (sulfide) groups is 3. The van der Waals surface area contributed by atoms with E-state index < -0.39 is 33.5 Å². The van der Waals surface area contributed by atoms with Crippen LogP contribution in [0.3, 0.4) is 0 Å². The molecule has 1 amide bonds. The standard InChI is InChI=1S/C33H26ClNO9S4/c1-32(2)26-19(15-11-7-9-13-17(15)35(32)27(36)23-21(34)16-12-8-10-14-18(16)45-23)33(20(28(37)41-3)22(46-26)29(38)42-4)47-24(30(39)43-5)25(48-33)31(40)44-6/h7-14H,1-6H3. The smallest absolute Gasteiger partial charge is 0.345 e. The second-order valence-corrected chi connectivity index (χ2v) is 16.1. The van der Waals surface area contributed by atoms with Crippen LogP contribution in [0.4, 0.5) is 5.69 Å². The van der Waals surface area contributed by atoms with E-state index in [-0.39, 0.29) is 26.2 Å². The summed E-state index contributed by atoms with van der Waals surface area (Å²) in [6.07, 6.45) is 0. The molecule has 0 radical (unpaired) electrons. The summed E-state index contributed by atoms with van der Waals surface area (Å²) in [5.74, 6) is -3.78. The number of para-hydroxylation sites is 1. The van der Waals surface area contributed by atoms with Gasteiger partial charge in [-0.05, 0) is 26.0 Å². The summed E-state index contributed by atoms with van der Waals surface area (Å²) >= 11 is 10.8. The highest BCUT2D eigenvalue weighted by Gasteiger charge is 2.62. The van der Waals surface area contributed by atoms with E-state index in [1.807, 2.05) is 38.1 Å². The molecule has 0 unspecified atom stereocenters. The van der Waals surface area contributed by atoms with Crippen LogP contribution in [0.1, 0.15) is 29.1 Å². The predicted octanol–water partition coefficient (Wildman–Crippen LogP) is 6.79. The molecule has 3 aliphatic rings. The van der Waals surface area contributed by atoms with Gasteiger partial charge in [-0.3, -0.25) is 9.69 Å². The number of nitrogens with zero attached hydrogens (tertiary/aromatic N) is 1. The largest absolute Gasteiger partial charge is 0.466 e. The molecule has 6 rings (SSSR count). The molecule has 0 aliphatic carbocycles.